The molecule has 0 spiro atoms. The summed E-state index contributed by atoms with van der Waals surface area (Å²) in [4.78, 5) is 43.9. The van der Waals surface area contributed by atoms with E-state index in [0.717, 1.165) is 13.1 Å². The van der Waals surface area contributed by atoms with Crippen LogP contribution in [0, 0.1) is 0 Å². The SMILES string of the molecule is CCN(CCN(CCN(CC)CC(=O)N(C)C)CC(=O)O)CC(=O)N(C)C. The van der Waals surface area contributed by atoms with E-state index in [2.05, 4.69) is 0 Å². The van der Waals surface area contributed by atoms with Gasteiger partial charge in [-0.15, -0.1) is 0 Å². The number of amides is 2. The first kappa shape index (κ1) is 25.3. The molecule has 1 N–H and O–H groups in total. The third-order valence-electron chi connectivity index (χ3n) is 4.43. The van der Waals surface area contributed by atoms with E-state index in [0.29, 0.717) is 39.3 Å². The van der Waals surface area contributed by atoms with Crippen LogP contribution in [-0.2, 0) is 14.4 Å². The molecule has 0 aliphatic carbocycles. The number of rotatable bonds is 14. The maximum absolute atomic E-state index is 11.9. The van der Waals surface area contributed by atoms with Gasteiger partial charge in [-0.25, -0.2) is 0 Å². The van der Waals surface area contributed by atoms with Crippen LogP contribution >= 0.6 is 0 Å². The molecule has 0 rings (SSSR count). The van der Waals surface area contributed by atoms with Crippen molar-refractivity contribution < 1.29 is 19.5 Å². The summed E-state index contributed by atoms with van der Waals surface area (Å²) in [5.41, 5.74) is 0. The van der Waals surface area contributed by atoms with Gasteiger partial charge >= 0.3 is 5.97 Å². The Kier molecular flexibility index (Phi) is 12.6. The number of carbonyl (C=O) groups is 3. The summed E-state index contributed by atoms with van der Waals surface area (Å²) in [6.07, 6.45) is 0. The highest BCUT2D eigenvalue weighted by molar-refractivity contribution is 5.78. The van der Waals surface area contributed by atoms with Crippen molar-refractivity contribution in [2.45, 2.75) is 13.8 Å². The minimum absolute atomic E-state index is 0.0287. The highest BCUT2D eigenvalue weighted by Gasteiger charge is 2.16. The second-order valence-electron chi connectivity index (χ2n) is 6.98. The average Bonchev–Trinajstić information content (AvgIpc) is 2.60. The average molecular weight is 388 g/mol. The summed E-state index contributed by atoms with van der Waals surface area (Å²) < 4.78 is 0. The van der Waals surface area contributed by atoms with Crippen LogP contribution in [0.3, 0.4) is 0 Å². The first-order valence-electron chi connectivity index (χ1n) is 9.39. The fourth-order valence-corrected chi connectivity index (χ4v) is 2.39. The molecule has 0 aromatic rings. The number of carboxylic acid groups (broad SMARTS) is 1. The Hall–Kier alpha value is -1.71. The third kappa shape index (κ3) is 11.6. The van der Waals surface area contributed by atoms with Crippen LogP contribution < -0.4 is 0 Å². The zero-order valence-electron chi connectivity index (χ0n) is 17.8. The molecule has 0 fully saturated rings. The molecule has 9 nitrogen and oxygen atoms in total. The van der Waals surface area contributed by atoms with Crippen LogP contribution in [0.4, 0.5) is 0 Å². The van der Waals surface area contributed by atoms with Crippen molar-refractivity contribution in [2.24, 2.45) is 0 Å². The molecule has 0 saturated heterocycles. The zero-order valence-corrected chi connectivity index (χ0v) is 17.8. The normalized spacial score (nSPS) is 11.3. The van der Waals surface area contributed by atoms with Crippen LogP contribution in [0.2, 0.25) is 0 Å². The maximum atomic E-state index is 11.9. The Morgan fingerprint density at radius 1 is 0.630 bits per heavy atom. The second kappa shape index (κ2) is 13.5. The van der Waals surface area contributed by atoms with E-state index in [-0.39, 0.29) is 18.4 Å². The van der Waals surface area contributed by atoms with Crippen LogP contribution in [0.15, 0.2) is 0 Å². The Labute approximate surface area is 163 Å². The molecule has 0 aromatic heterocycles. The minimum atomic E-state index is -0.880. The molecule has 0 unspecified atom stereocenters. The van der Waals surface area contributed by atoms with Gasteiger partial charge in [-0.2, -0.15) is 0 Å². The number of carboxylic acids is 1. The highest BCUT2D eigenvalue weighted by atomic mass is 16.4. The third-order valence-corrected chi connectivity index (χ3v) is 4.43. The molecule has 0 aliphatic rings. The monoisotopic (exact) mass is 387 g/mol. The lowest BCUT2D eigenvalue weighted by molar-refractivity contribution is -0.139. The number of hydrogen-bond donors (Lipinski definition) is 1. The lowest BCUT2D eigenvalue weighted by Gasteiger charge is -2.28. The Balaban J connectivity index is 4.66. The van der Waals surface area contributed by atoms with Crippen molar-refractivity contribution >= 4 is 17.8 Å². The predicted molar refractivity (Wildman–Crippen MR) is 106 cm³/mol. The number of hydrogen-bond acceptors (Lipinski definition) is 6. The summed E-state index contributed by atoms with van der Waals surface area (Å²) in [7, 11) is 6.89. The Morgan fingerprint density at radius 2 is 0.963 bits per heavy atom. The molecule has 0 aromatic carbocycles. The van der Waals surface area contributed by atoms with Crippen molar-refractivity contribution in [1.82, 2.24) is 24.5 Å². The lowest BCUT2D eigenvalue weighted by Crippen LogP contribution is -2.45. The molecular formula is C18H37N5O4. The van der Waals surface area contributed by atoms with Crippen molar-refractivity contribution in [3.63, 3.8) is 0 Å². The molecule has 0 saturated carbocycles. The van der Waals surface area contributed by atoms with E-state index in [1.165, 1.54) is 0 Å². The lowest BCUT2D eigenvalue weighted by atomic mass is 10.3. The van der Waals surface area contributed by atoms with Gasteiger partial charge in [0.2, 0.25) is 11.8 Å². The molecule has 0 heterocycles. The molecule has 0 aliphatic heterocycles. The summed E-state index contributed by atoms with van der Waals surface area (Å²) in [6, 6.07) is 0. The highest BCUT2D eigenvalue weighted by Crippen LogP contribution is 1.98. The number of nitrogens with zero attached hydrogens (tertiary/aromatic N) is 5. The quantitative estimate of drug-likeness (QED) is 0.417. The van der Waals surface area contributed by atoms with Gasteiger partial charge in [-0.3, -0.25) is 29.1 Å². The molecule has 2 amide bonds. The van der Waals surface area contributed by atoms with E-state index < -0.39 is 5.97 Å². The Morgan fingerprint density at radius 3 is 1.22 bits per heavy atom. The molecule has 0 radical (unpaired) electrons. The number of likely N-dealkylation sites (N-methyl/N-ethyl adjacent to an activating group) is 4. The van der Waals surface area contributed by atoms with Gasteiger partial charge in [-0.1, -0.05) is 13.8 Å². The van der Waals surface area contributed by atoms with E-state index in [9.17, 15) is 19.5 Å². The van der Waals surface area contributed by atoms with Crippen molar-refractivity contribution in [1.29, 1.82) is 0 Å². The first-order valence-corrected chi connectivity index (χ1v) is 9.39. The van der Waals surface area contributed by atoms with Gasteiger partial charge in [0.05, 0.1) is 19.6 Å². The molecule has 27 heavy (non-hydrogen) atoms. The summed E-state index contributed by atoms with van der Waals surface area (Å²) in [6.45, 7) is 8.34. The van der Waals surface area contributed by atoms with Gasteiger partial charge in [0.15, 0.2) is 0 Å². The topological polar surface area (TPSA) is 87.6 Å². The second-order valence-corrected chi connectivity index (χ2v) is 6.98. The first-order chi connectivity index (χ1) is 12.6. The van der Waals surface area contributed by atoms with E-state index in [1.807, 2.05) is 28.5 Å². The zero-order chi connectivity index (χ0) is 21.0. The number of carbonyl (C=O) groups excluding carboxylic acids is 2. The van der Waals surface area contributed by atoms with E-state index >= 15 is 0 Å². The van der Waals surface area contributed by atoms with Crippen molar-refractivity contribution in [2.75, 3.05) is 87.1 Å². The van der Waals surface area contributed by atoms with Gasteiger partial charge < -0.3 is 14.9 Å². The van der Waals surface area contributed by atoms with Crippen molar-refractivity contribution in [3.8, 4) is 0 Å². The summed E-state index contributed by atoms with van der Waals surface area (Å²) >= 11 is 0. The molecular weight excluding hydrogens is 350 g/mol. The summed E-state index contributed by atoms with van der Waals surface area (Å²) in [5, 5.41) is 9.17. The Bertz CT molecular complexity index is 437. The van der Waals surface area contributed by atoms with E-state index in [1.54, 1.807) is 38.0 Å². The van der Waals surface area contributed by atoms with Crippen LogP contribution in [0.1, 0.15) is 13.8 Å². The van der Waals surface area contributed by atoms with Crippen LogP contribution in [0.5, 0.6) is 0 Å². The van der Waals surface area contributed by atoms with Gasteiger partial charge in [0, 0.05) is 54.4 Å². The largest absolute Gasteiger partial charge is 0.480 e. The standard InChI is InChI=1S/C18H37N5O4/c1-7-21(13-16(24)19(3)4)9-11-23(15-18(26)27)12-10-22(8-2)14-17(25)20(5)6/h7-15H2,1-6H3,(H,26,27). The summed E-state index contributed by atoms with van der Waals surface area (Å²) in [5.74, 6) is -0.822. The van der Waals surface area contributed by atoms with Gasteiger partial charge in [0.1, 0.15) is 0 Å². The fourth-order valence-electron chi connectivity index (χ4n) is 2.39. The van der Waals surface area contributed by atoms with E-state index in [4.69, 9.17) is 0 Å². The van der Waals surface area contributed by atoms with Gasteiger partial charge in [0.25, 0.3) is 0 Å². The predicted octanol–water partition coefficient (Wildman–Crippen LogP) is -0.807. The fraction of sp³-hybridized carbons (Fsp3) is 0.833. The molecule has 0 atom stereocenters. The maximum Gasteiger partial charge on any atom is 0.317 e. The smallest absolute Gasteiger partial charge is 0.317 e. The molecule has 0 bridgehead atoms. The van der Waals surface area contributed by atoms with Crippen molar-refractivity contribution in [3.05, 3.63) is 0 Å². The minimum Gasteiger partial charge on any atom is -0.480 e. The number of aliphatic carboxylic acids is 1. The molecule has 158 valence electrons. The molecule has 9 heteroatoms. The van der Waals surface area contributed by atoms with Crippen LogP contribution in [0.25, 0.3) is 0 Å². The van der Waals surface area contributed by atoms with Gasteiger partial charge in [-0.05, 0) is 13.1 Å². The van der Waals surface area contributed by atoms with Crippen LogP contribution in [-0.4, -0.2) is 134 Å².